The predicted molar refractivity (Wildman–Crippen MR) is 60.8 cm³/mol. The van der Waals surface area contributed by atoms with Crippen molar-refractivity contribution in [1.82, 2.24) is 0 Å². The van der Waals surface area contributed by atoms with Gasteiger partial charge in [0.2, 0.25) is 0 Å². The number of anilines is 1. The van der Waals surface area contributed by atoms with Crippen LogP contribution in [-0.2, 0) is 4.74 Å². The molecule has 1 heterocycles. The molecule has 0 amide bonds. The summed E-state index contributed by atoms with van der Waals surface area (Å²) in [7, 11) is 0. The molecule has 1 aliphatic heterocycles. The van der Waals surface area contributed by atoms with Crippen LogP contribution in [0.3, 0.4) is 0 Å². The van der Waals surface area contributed by atoms with E-state index in [0.717, 1.165) is 0 Å². The molecular formula is C12H14FNO3. The van der Waals surface area contributed by atoms with E-state index < -0.39 is 5.82 Å². The molecule has 17 heavy (non-hydrogen) atoms. The number of aldehydes is 1. The first kappa shape index (κ1) is 12.0. The van der Waals surface area contributed by atoms with Crippen molar-refractivity contribution in [3.05, 3.63) is 29.6 Å². The van der Waals surface area contributed by atoms with E-state index in [2.05, 4.69) is 0 Å². The summed E-state index contributed by atoms with van der Waals surface area (Å²) in [6.45, 7) is 1.46. The quantitative estimate of drug-likeness (QED) is 0.794. The van der Waals surface area contributed by atoms with Gasteiger partial charge in [0.25, 0.3) is 0 Å². The highest BCUT2D eigenvalue weighted by atomic mass is 19.1. The monoisotopic (exact) mass is 239 g/mol. The van der Waals surface area contributed by atoms with Crippen LogP contribution in [0.25, 0.3) is 0 Å². The molecule has 1 atom stereocenters. The predicted octanol–water partition coefficient (Wildman–Crippen LogP) is 0.836. The fourth-order valence-corrected chi connectivity index (χ4v) is 2.00. The van der Waals surface area contributed by atoms with Crippen LogP contribution in [0.15, 0.2) is 18.2 Å². The van der Waals surface area contributed by atoms with Gasteiger partial charge in [-0.1, -0.05) is 0 Å². The number of halogens is 1. The standard InChI is InChI=1S/C12H14FNO3/c13-10-1-2-12(9(5-10)6-15)14-3-4-17-8-11(14)7-16/h1-2,5-6,11,16H,3-4,7-8H2. The van der Waals surface area contributed by atoms with Crippen LogP contribution in [0.1, 0.15) is 10.4 Å². The van der Waals surface area contributed by atoms with Crippen LogP contribution in [0.5, 0.6) is 0 Å². The zero-order chi connectivity index (χ0) is 12.3. The molecule has 1 aliphatic rings. The molecule has 0 aromatic heterocycles. The van der Waals surface area contributed by atoms with Crippen LogP contribution < -0.4 is 4.90 Å². The minimum atomic E-state index is -0.440. The first-order chi connectivity index (χ1) is 8.26. The molecule has 0 spiro atoms. The van der Waals surface area contributed by atoms with Gasteiger partial charge >= 0.3 is 0 Å². The number of hydrogen-bond donors (Lipinski definition) is 1. The van der Waals surface area contributed by atoms with Crippen molar-refractivity contribution >= 4 is 12.0 Å². The van der Waals surface area contributed by atoms with Crippen LogP contribution in [0, 0.1) is 5.82 Å². The lowest BCUT2D eigenvalue weighted by Crippen LogP contribution is -2.48. The minimum absolute atomic E-state index is 0.0598. The molecular weight excluding hydrogens is 225 g/mol. The summed E-state index contributed by atoms with van der Waals surface area (Å²) in [6, 6.07) is 3.89. The maximum atomic E-state index is 13.0. The summed E-state index contributed by atoms with van der Waals surface area (Å²) in [5, 5.41) is 9.26. The Bertz CT molecular complexity index is 411. The molecule has 92 valence electrons. The number of nitrogens with zero attached hydrogens (tertiary/aromatic N) is 1. The SMILES string of the molecule is O=Cc1cc(F)ccc1N1CCOCC1CO. The fraction of sp³-hybridized carbons (Fsp3) is 0.417. The molecule has 1 unspecified atom stereocenters. The topological polar surface area (TPSA) is 49.8 Å². The molecule has 5 heteroatoms. The zero-order valence-electron chi connectivity index (χ0n) is 9.30. The average molecular weight is 239 g/mol. The third-order valence-electron chi connectivity index (χ3n) is 2.86. The molecule has 1 saturated heterocycles. The fourth-order valence-electron chi connectivity index (χ4n) is 2.00. The lowest BCUT2D eigenvalue weighted by atomic mass is 10.1. The maximum Gasteiger partial charge on any atom is 0.152 e. The normalized spacial score (nSPS) is 20.4. The van der Waals surface area contributed by atoms with Gasteiger partial charge in [0.05, 0.1) is 25.9 Å². The van der Waals surface area contributed by atoms with Crippen LogP contribution >= 0.6 is 0 Å². The van der Waals surface area contributed by atoms with E-state index in [-0.39, 0.29) is 12.6 Å². The Morgan fingerprint density at radius 3 is 3.12 bits per heavy atom. The molecule has 4 nitrogen and oxygen atoms in total. The highest BCUT2D eigenvalue weighted by Crippen LogP contribution is 2.24. The summed E-state index contributed by atoms with van der Waals surface area (Å²) in [5.41, 5.74) is 0.939. The summed E-state index contributed by atoms with van der Waals surface area (Å²) in [5.74, 6) is -0.440. The van der Waals surface area contributed by atoms with Gasteiger partial charge in [-0.25, -0.2) is 4.39 Å². The van der Waals surface area contributed by atoms with Crippen molar-refractivity contribution in [2.75, 3.05) is 31.3 Å². The first-order valence-corrected chi connectivity index (χ1v) is 5.46. The van der Waals surface area contributed by atoms with E-state index in [1.165, 1.54) is 12.1 Å². The zero-order valence-corrected chi connectivity index (χ0v) is 9.30. The van der Waals surface area contributed by atoms with Crippen molar-refractivity contribution in [3.63, 3.8) is 0 Å². The maximum absolute atomic E-state index is 13.0. The largest absolute Gasteiger partial charge is 0.394 e. The molecule has 0 aliphatic carbocycles. The van der Waals surface area contributed by atoms with E-state index in [1.54, 1.807) is 6.07 Å². The van der Waals surface area contributed by atoms with Crippen molar-refractivity contribution in [2.45, 2.75) is 6.04 Å². The summed E-state index contributed by atoms with van der Waals surface area (Å²) >= 11 is 0. The number of carbonyl (C=O) groups excluding carboxylic acids is 1. The Morgan fingerprint density at radius 2 is 2.41 bits per heavy atom. The second-order valence-corrected chi connectivity index (χ2v) is 3.93. The number of hydrogen-bond acceptors (Lipinski definition) is 4. The van der Waals surface area contributed by atoms with E-state index in [9.17, 15) is 14.3 Å². The lowest BCUT2D eigenvalue weighted by Gasteiger charge is -2.36. The number of benzene rings is 1. The third-order valence-corrected chi connectivity index (χ3v) is 2.86. The Kier molecular flexibility index (Phi) is 3.71. The third kappa shape index (κ3) is 2.45. The van der Waals surface area contributed by atoms with Gasteiger partial charge in [-0.05, 0) is 18.2 Å². The van der Waals surface area contributed by atoms with Gasteiger partial charge in [0, 0.05) is 17.8 Å². The number of aliphatic hydroxyl groups excluding tert-OH is 1. The van der Waals surface area contributed by atoms with Gasteiger partial charge in [-0.15, -0.1) is 0 Å². The number of morpholine rings is 1. The van der Waals surface area contributed by atoms with Gasteiger partial charge in [-0.2, -0.15) is 0 Å². The van der Waals surface area contributed by atoms with Gasteiger partial charge in [0.15, 0.2) is 6.29 Å². The molecule has 1 aromatic carbocycles. The highest BCUT2D eigenvalue weighted by Gasteiger charge is 2.24. The number of ether oxygens (including phenoxy) is 1. The molecule has 0 bridgehead atoms. The first-order valence-electron chi connectivity index (χ1n) is 5.46. The Balaban J connectivity index is 2.34. The molecule has 1 N–H and O–H groups in total. The summed E-state index contributed by atoms with van der Waals surface area (Å²) in [6.07, 6.45) is 0.627. The van der Waals surface area contributed by atoms with Crippen LogP contribution in [0.2, 0.25) is 0 Å². The Labute approximate surface area is 98.6 Å². The van der Waals surface area contributed by atoms with Gasteiger partial charge < -0.3 is 14.7 Å². The van der Waals surface area contributed by atoms with Crippen molar-refractivity contribution in [3.8, 4) is 0 Å². The summed E-state index contributed by atoms with van der Waals surface area (Å²) < 4.78 is 18.3. The number of rotatable bonds is 3. The highest BCUT2D eigenvalue weighted by molar-refractivity contribution is 5.84. The van der Waals surface area contributed by atoms with E-state index in [4.69, 9.17) is 4.74 Å². The second-order valence-electron chi connectivity index (χ2n) is 3.93. The van der Waals surface area contributed by atoms with E-state index in [0.29, 0.717) is 37.3 Å². The van der Waals surface area contributed by atoms with E-state index in [1.807, 2.05) is 4.90 Å². The van der Waals surface area contributed by atoms with Crippen LogP contribution in [0.4, 0.5) is 10.1 Å². The second kappa shape index (κ2) is 5.25. The smallest absolute Gasteiger partial charge is 0.152 e. The number of aliphatic hydroxyl groups is 1. The van der Waals surface area contributed by atoms with Crippen molar-refractivity contribution < 1.29 is 19.0 Å². The molecule has 0 radical (unpaired) electrons. The average Bonchev–Trinajstić information content (AvgIpc) is 2.38. The van der Waals surface area contributed by atoms with Gasteiger partial charge in [-0.3, -0.25) is 4.79 Å². The minimum Gasteiger partial charge on any atom is -0.394 e. The molecule has 1 fully saturated rings. The number of carbonyl (C=O) groups is 1. The molecule has 1 aromatic rings. The van der Waals surface area contributed by atoms with Gasteiger partial charge in [0.1, 0.15) is 5.82 Å². The Morgan fingerprint density at radius 1 is 1.59 bits per heavy atom. The molecule has 0 saturated carbocycles. The summed E-state index contributed by atoms with van der Waals surface area (Å²) in [4.78, 5) is 12.8. The Hall–Kier alpha value is -1.46. The lowest BCUT2D eigenvalue weighted by molar-refractivity contribution is 0.0725. The van der Waals surface area contributed by atoms with Crippen molar-refractivity contribution in [2.24, 2.45) is 0 Å². The van der Waals surface area contributed by atoms with Crippen LogP contribution in [-0.4, -0.2) is 43.8 Å². The van der Waals surface area contributed by atoms with E-state index >= 15 is 0 Å². The molecule has 2 rings (SSSR count). The van der Waals surface area contributed by atoms with Crippen molar-refractivity contribution in [1.29, 1.82) is 0 Å².